The maximum atomic E-state index is 11.0. The number of hydrogen-bond acceptors (Lipinski definition) is 3. The van der Waals surface area contributed by atoms with Gasteiger partial charge in [-0.25, -0.2) is 0 Å². The van der Waals surface area contributed by atoms with Crippen LogP contribution in [0.4, 0.5) is 0 Å². The molecule has 0 radical (unpaired) electrons. The summed E-state index contributed by atoms with van der Waals surface area (Å²) in [7, 11) is 0. The van der Waals surface area contributed by atoms with Gasteiger partial charge in [0.2, 0.25) is 5.91 Å². The predicted molar refractivity (Wildman–Crippen MR) is 38.4 cm³/mol. The minimum Gasteiger partial charge on any atom is -0.373 e. The maximum Gasteiger partial charge on any atom is 0.226 e. The van der Waals surface area contributed by atoms with E-state index >= 15 is 0 Å². The van der Waals surface area contributed by atoms with Crippen molar-refractivity contribution < 1.29 is 15.0 Å². The molecule has 0 aromatic rings. The van der Waals surface area contributed by atoms with Gasteiger partial charge in [0.25, 0.3) is 0 Å². The molecule has 1 rings (SSSR count). The Bertz CT molecular complexity index is 150. The zero-order chi connectivity index (χ0) is 8.43. The zero-order valence-electron chi connectivity index (χ0n) is 6.53. The standard InChI is InChI=1S/C7H13NO3/c1-2-5(9)8-6(10)3-4-7(8)11/h6-7,10-11H,2-4H2,1H3. The summed E-state index contributed by atoms with van der Waals surface area (Å²) in [6.07, 6.45) is -0.275. The van der Waals surface area contributed by atoms with Crippen molar-refractivity contribution in [2.24, 2.45) is 0 Å². The van der Waals surface area contributed by atoms with Gasteiger partial charge in [0.15, 0.2) is 0 Å². The number of likely N-dealkylation sites (tertiary alicyclic amines) is 1. The average molecular weight is 159 g/mol. The van der Waals surface area contributed by atoms with Crippen LogP contribution in [0.25, 0.3) is 0 Å². The lowest BCUT2D eigenvalue weighted by atomic mass is 10.3. The van der Waals surface area contributed by atoms with Crippen LogP contribution in [0.2, 0.25) is 0 Å². The highest BCUT2D eigenvalue weighted by molar-refractivity contribution is 5.76. The Morgan fingerprint density at radius 3 is 2.27 bits per heavy atom. The summed E-state index contributed by atoms with van der Waals surface area (Å²) in [4.78, 5) is 12.2. The molecule has 1 saturated heterocycles. The van der Waals surface area contributed by atoms with Crippen LogP contribution >= 0.6 is 0 Å². The first-order valence-corrected chi connectivity index (χ1v) is 3.84. The highest BCUT2D eigenvalue weighted by Gasteiger charge is 2.33. The first-order valence-electron chi connectivity index (χ1n) is 3.84. The number of nitrogens with zero attached hydrogens (tertiary/aromatic N) is 1. The summed E-state index contributed by atoms with van der Waals surface area (Å²) in [5.74, 6) is -0.192. The van der Waals surface area contributed by atoms with Crippen LogP contribution in [0.15, 0.2) is 0 Å². The highest BCUT2D eigenvalue weighted by Crippen LogP contribution is 2.20. The van der Waals surface area contributed by atoms with Gasteiger partial charge in [-0.1, -0.05) is 6.92 Å². The normalized spacial score (nSPS) is 31.0. The molecule has 4 nitrogen and oxygen atoms in total. The molecule has 0 aromatic heterocycles. The molecule has 1 aliphatic rings. The van der Waals surface area contributed by atoms with E-state index in [-0.39, 0.29) is 5.91 Å². The van der Waals surface area contributed by atoms with Gasteiger partial charge in [-0.05, 0) is 12.8 Å². The molecule has 11 heavy (non-hydrogen) atoms. The summed E-state index contributed by atoms with van der Waals surface area (Å²) in [5, 5.41) is 18.4. The molecule has 64 valence electrons. The number of rotatable bonds is 1. The molecule has 0 aromatic carbocycles. The average Bonchev–Trinajstić information content (AvgIpc) is 2.30. The van der Waals surface area contributed by atoms with E-state index in [1.165, 1.54) is 0 Å². The second-order valence-corrected chi connectivity index (χ2v) is 2.69. The monoisotopic (exact) mass is 159 g/mol. The van der Waals surface area contributed by atoms with Gasteiger partial charge in [-0.2, -0.15) is 0 Å². The molecule has 1 fully saturated rings. The molecule has 2 atom stereocenters. The quantitative estimate of drug-likeness (QED) is 0.550. The number of aliphatic hydroxyl groups excluding tert-OH is 2. The second kappa shape index (κ2) is 3.19. The Morgan fingerprint density at radius 1 is 1.45 bits per heavy atom. The van der Waals surface area contributed by atoms with E-state index in [0.29, 0.717) is 19.3 Å². The molecule has 2 N–H and O–H groups in total. The van der Waals surface area contributed by atoms with Crippen molar-refractivity contribution >= 4 is 5.91 Å². The number of amides is 1. The molecular formula is C7H13NO3. The van der Waals surface area contributed by atoms with Gasteiger partial charge < -0.3 is 10.2 Å². The van der Waals surface area contributed by atoms with Crippen LogP contribution in [0, 0.1) is 0 Å². The van der Waals surface area contributed by atoms with Gasteiger partial charge >= 0.3 is 0 Å². The summed E-state index contributed by atoms with van der Waals surface area (Å²) >= 11 is 0. The molecule has 0 saturated carbocycles. The summed E-state index contributed by atoms with van der Waals surface area (Å²) in [6, 6.07) is 0. The number of carbonyl (C=O) groups is 1. The van der Waals surface area contributed by atoms with E-state index in [2.05, 4.69) is 0 Å². The highest BCUT2D eigenvalue weighted by atomic mass is 16.3. The Kier molecular flexibility index (Phi) is 2.46. The van der Waals surface area contributed by atoms with Crippen LogP contribution < -0.4 is 0 Å². The van der Waals surface area contributed by atoms with E-state index < -0.39 is 12.5 Å². The molecule has 4 heteroatoms. The van der Waals surface area contributed by atoms with E-state index in [9.17, 15) is 15.0 Å². The van der Waals surface area contributed by atoms with Crippen LogP contribution in [0.3, 0.4) is 0 Å². The van der Waals surface area contributed by atoms with Gasteiger partial charge in [0, 0.05) is 6.42 Å². The molecule has 0 spiro atoms. The molecule has 2 unspecified atom stereocenters. The first-order chi connectivity index (χ1) is 5.16. The molecule has 1 aliphatic heterocycles. The van der Waals surface area contributed by atoms with Crippen molar-refractivity contribution in [3.8, 4) is 0 Å². The lowest BCUT2D eigenvalue weighted by Crippen LogP contribution is -2.40. The van der Waals surface area contributed by atoms with Crippen LogP contribution in [-0.2, 0) is 4.79 Å². The van der Waals surface area contributed by atoms with Crippen molar-refractivity contribution in [1.29, 1.82) is 0 Å². The van der Waals surface area contributed by atoms with E-state index in [0.717, 1.165) is 4.90 Å². The summed E-state index contributed by atoms with van der Waals surface area (Å²) in [5.41, 5.74) is 0. The zero-order valence-corrected chi connectivity index (χ0v) is 6.53. The lowest BCUT2D eigenvalue weighted by molar-refractivity contribution is -0.149. The number of aliphatic hydroxyl groups is 2. The molecule has 1 amide bonds. The minimum absolute atomic E-state index is 0.192. The van der Waals surface area contributed by atoms with Gasteiger partial charge in [-0.15, -0.1) is 0 Å². The Labute approximate surface area is 65.4 Å². The maximum absolute atomic E-state index is 11.0. The fourth-order valence-electron chi connectivity index (χ4n) is 1.29. The molecule has 0 bridgehead atoms. The van der Waals surface area contributed by atoms with Crippen molar-refractivity contribution in [3.63, 3.8) is 0 Å². The van der Waals surface area contributed by atoms with Crippen molar-refractivity contribution in [2.45, 2.75) is 38.6 Å². The van der Waals surface area contributed by atoms with Gasteiger partial charge in [0.1, 0.15) is 12.5 Å². The van der Waals surface area contributed by atoms with Crippen LogP contribution in [0.1, 0.15) is 26.2 Å². The SMILES string of the molecule is CCC(=O)N1C(O)CCC1O. The van der Waals surface area contributed by atoms with Crippen molar-refractivity contribution in [2.75, 3.05) is 0 Å². The second-order valence-electron chi connectivity index (χ2n) is 2.69. The van der Waals surface area contributed by atoms with Crippen LogP contribution in [0.5, 0.6) is 0 Å². The summed E-state index contributed by atoms with van der Waals surface area (Å²) < 4.78 is 0. The molecule has 0 aliphatic carbocycles. The Morgan fingerprint density at radius 2 is 1.91 bits per heavy atom. The number of carbonyl (C=O) groups excluding carboxylic acids is 1. The fraction of sp³-hybridized carbons (Fsp3) is 0.857. The molecular weight excluding hydrogens is 146 g/mol. The third-order valence-corrected chi connectivity index (χ3v) is 1.92. The van der Waals surface area contributed by atoms with Gasteiger partial charge in [-0.3, -0.25) is 9.69 Å². The third kappa shape index (κ3) is 1.52. The predicted octanol–water partition coefficient (Wildman–Crippen LogP) is -0.344. The topological polar surface area (TPSA) is 60.8 Å². The van der Waals surface area contributed by atoms with E-state index in [1.807, 2.05) is 0 Å². The van der Waals surface area contributed by atoms with E-state index in [1.54, 1.807) is 6.92 Å². The summed E-state index contributed by atoms with van der Waals surface area (Å²) in [6.45, 7) is 1.71. The lowest BCUT2D eigenvalue weighted by Gasteiger charge is -2.23. The van der Waals surface area contributed by atoms with Gasteiger partial charge in [0.05, 0.1) is 0 Å². The Hall–Kier alpha value is -0.610. The largest absolute Gasteiger partial charge is 0.373 e. The third-order valence-electron chi connectivity index (χ3n) is 1.92. The smallest absolute Gasteiger partial charge is 0.226 e. The number of hydrogen-bond donors (Lipinski definition) is 2. The van der Waals surface area contributed by atoms with Crippen LogP contribution in [-0.4, -0.2) is 33.5 Å². The minimum atomic E-state index is -0.780. The Balaban J connectivity index is 2.60. The van der Waals surface area contributed by atoms with E-state index in [4.69, 9.17) is 0 Å². The van der Waals surface area contributed by atoms with Crippen molar-refractivity contribution in [1.82, 2.24) is 4.90 Å². The first kappa shape index (κ1) is 8.49. The molecule has 1 heterocycles. The van der Waals surface area contributed by atoms with Crippen molar-refractivity contribution in [3.05, 3.63) is 0 Å². The fourth-order valence-corrected chi connectivity index (χ4v) is 1.29.